The van der Waals surface area contributed by atoms with Crippen molar-refractivity contribution < 1.29 is 0 Å². The highest BCUT2D eigenvalue weighted by Gasteiger charge is 2.18. The van der Waals surface area contributed by atoms with Crippen molar-refractivity contribution in [2.24, 2.45) is 11.7 Å². The fourth-order valence-electron chi connectivity index (χ4n) is 2.75. The Morgan fingerprint density at radius 2 is 2.00 bits per heavy atom. The SMILES string of the molecule is CC(C)C(CN)c1ccc(C2CCNC2)cc1. The molecule has 1 aliphatic rings. The van der Waals surface area contributed by atoms with Gasteiger partial charge < -0.3 is 11.1 Å². The van der Waals surface area contributed by atoms with Gasteiger partial charge in [-0.15, -0.1) is 0 Å². The van der Waals surface area contributed by atoms with Gasteiger partial charge in [0.05, 0.1) is 0 Å². The second-order valence-corrected chi connectivity index (χ2v) is 5.44. The molecule has 2 unspecified atom stereocenters. The highest BCUT2D eigenvalue weighted by molar-refractivity contribution is 5.29. The molecule has 1 aliphatic heterocycles. The number of rotatable bonds is 4. The Balaban J connectivity index is 2.11. The fourth-order valence-corrected chi connectivity index (χ4v) is 2.75. The van der Waals surface area contributed by atoms with E-state index in [9.17, 15) is 0 Å². The molecule has 0 saturated carbocycles. The van der Waals surface area contributed by atoms with Crippen LogP contribution in [0.1, 0.15) is 43.2 Å². The van der Waals surface area contributed by atoms with E-state index in [1.54, 1.807) is 0 Å². The van der Waals surface area contributed by atoms with E-state index in [0.717, 1.165) is 19.6 Å². The quantitative estimate of drug-likeness (QED) is 0.837. The Morgan fingerprint density at radius 3 is 2.47 bits per heavy atom. The number of hydrogen-bond donors (Lipinski definition) is 2. The monoisotopic (exact) mass is 232 g/mol. The van der Waals surface area contributed by atoms with Crippen LogP contribution in [0.15, 0.2) is 24.3 Å². The van der Waals surface area contributed by atoms with Crippen molar-refractivity contribution in [2.75, 3.05) is 19.6 Å². The summed E-state index contributed by atoms with van der Waals surface area (Å²) in [4.78, 5) is 0. The lowest BCUT2D eigenvalue weighted by atomic mass is 9.87. The van der Waals surface area contributed by atoms with E-state index in [1.165, 1.54) is 17.5 Å². The molecule has 1 aromatic rings. The first-order chi connectivity index (χ1) is 8.22. The first kappa shape index (κ1) is 12.6. The maximum absolute atomic E-state index is 5.86. The van der Waals surface area contributed by atoms with Gasteiger partial charge in [0, 0.05) is 6.54 Å². The molecule has 1 saturated heterocycles. The molecule has 17 heavy (non-hydrogen) atoms. The van der Waals surface area contributed by atoms with Crippen LogP contribution in [-0.4, -0.2) is 19.6 Å². The molecule has 1 aromatic carbocycles. The third kappa shape index (κ3) is 2.88. The summed E-state index contributed by atoms with van der Waals surface area (Å²) in [5.41, 5.74) is 8.71. The molecule has 0 amide bonds. The van der Waals surface area contributed by atoms with Gasteiger partial charge in [-0.3, -0.25) is 0 Å². The van der Waals surface area contributed by atoms with Crippen molar-refractivity contribution in [2.45, 2.75) is 32.1 Å². The van der Waals surface area contributed by atoms with E-state index in [1.807, 2.05) is 0 Å². The van der Waals surface area contributed by atoms with E-state index < -0.39 is 0 Å². The van der Waals surface area contributed by atoms with Crippen LogP contribution in [0.5, 0.6) is 0 Å². The highest BCUT2D eigenvalue weighted by Crippen LogP contribution is 2.27. The van der Waals surface area contributed by atoms with Gasteiger partial charge in [-0.1, -0.05) is 38.1 Å². The zero-order valence-electron chi connectivity index (χ0n) is 10.9. The summed E-state index contributed by atoms with van der Waals surface area (Å²) in [7, 11) is 0. The summed E-state index contributed by atoms with van der Waals surface area (Å²) in [6.45, 7) is 7.51. The fraction of sp³-hybridized carbons (Fsp3) is 0.600. The molecule has 2 heteroatoms. The summed E-state index contributed by atoms with van der Waals surface area (Å²) in [5.74, 6) is 1.81. The maximum atomic E-state index is 5.86. The summed E-state index contributed by atoms with van der Waals surface area (Å²) < 4.78 is 0. The molecular weight excluding hydrogens is 208 g/mol. The van der Waals surface area contributed by atoms with Gasteiger partial charge in [0.2, 0.25) is 0 Å². The van der Waals surface area contributed by atoms with Crippen LogP contribution >= 0.6 is 0 Å². The molecule has 0 aromatic heterocycles. The predicted octanol–water partition coefficient (Wildman–Crippen LogP) is 2.46. The third-order valence-electron chi connectivity index (χ3n) is 3.96. The van der Waals surface area contributed by atoms with Crippen LogP contribution in [-0.2, 0) is 0 Å². The third-order valence-corrected chi connectivity index (χ3v) is 3.96. The van der Waals surface area contributed by atoms with Crippen LogP contribution in [0.4, 0.5) is 0 Å². The lowest BCUT2D eigenvalue weighted by molar-refractivity contribution is 0.506. The molecular formula is C15H24N2. The highest BCUT2D eigenvalue weighted by atomic mass is 14.9. The van der Waals surface area contributed by atoms with Gasteiger partial charge in [-0.2, -0.15) is 0 Å². The minimum absolute atomic E-state index is 0.491. The average Bonchev–Trinajstić information content (AvgIpc) is 2.84. The summed E-state index contributed by atoms with van der Waals surface area (Å²) in [6, 6.07) is 9.12. The van der Waals surface area contributed by atoms with Gasteiger partial charge in [0.1, 0.15) is 0 Å². The zero-order chi connectivity index (χ0) is 12.3. The van der Waals surface area contributed by atoms with Crippen LogP contribution in [0.2, 0.25) is 0 Å². The van der Waals surface area contributed by atoms with Crippen molar-refractivity contribution in [1.29, 1.82) is 0 Å². The Morgan fingerprint density at radius 1 is 1.29 bits per heavy atom. The Bertz CT molecular complexity index is 336. The van der Waals surface area contributed by atoms with Crippen molar-refractivity contribution >= 4 is 0 Å². The second-order valence-electron chi connectivity index (χ2n) is 5.44. The molecule has 0 aliphatic carbocycles. The zero-order valence-corrected chi connectivity index (χ0v) is 10.9. The van der Waals surface area contributed by atoms with Crippen molar-refractivity contribution in [1.82, 2.24) is 5.32 Å². The first-order valence-corrected chi connectivity index (χ1v) is 6.73. The van der Waals surface area contributed by atoms with Gasteiger partial charge in [-0.05, 0) is 48.4 Å². The summed E-state index contributed by atoms with van der Waals surface area (Å²) in [5, 5.41) is 3.42. The molecule has 94 valence electrons. The predicted molar refractivity (Wildman–Crippen MR) is 73.3 cm³/mol. The van der Waals surface area contributed by atoms with E-state index in [-0.39, 0.29) is 0 Å². The number of hydrogen-bond acceptors (Lipinski definition) is 2. The average molecular weight is 232 g/mol. The van der Waals surface area contributed by atoms with Gasteiger partial charge in [0.25, 0.3) is 0 Å². The summed E-state index contributed by atoms with van der Waals surface area (Å²) >= 11 is 0. The van der Waals surface area contributed by atoms with Crippen molar-refractivity contribution in [3.05, 3.63) is 35.4 Å². The van der Waals surface area contributed by atoms with Crippen molar-refractivity contribution in [3.8, 4) is 0 Å². The molecule has 2 rings (SSSR count). The Kier molecular flexibility index (Phi) is 4.19. The van der Waals surface area contributed by atoms with Crippen LogP contribution in [0.25, 0.3) is 0 Å². The normalized spacial score (nSPS) is 22.0. The molecule has 2 nitrogen and oxygen atoms in total. The molecule has 1 fully saturated rings. The van der Waals surface area contributed by atoms with Gasteiger partial charge >= 0.3 is 0 Å². The van der Waals surface area contributed by atoms with E-state index in [2.05, 4.69) is 43.4 Å². The molecule has 2 atom stereocenters. The lowest BCUT2D eigenvalue weighted by Gasteiger charge is -2.20. The number of benzene rings is 1. The Hall–Kier alpha value is -0.860. The van der Waals surface area contributed by atoms with Crippen LogP contribution in [0, 0.1) is 5.92 Å². The molecule has 0 spiro atoms. The van der Waals surface area contributed by atoms with E-state index in [0.29, 0.717) is 17.8 Å². The molecule has 3 N–H and O–H groups in total. The van der Waals surface area contributed by atoms with Crippen LogP contribution < -0.4 is 11.1 Å². The molecule has 0 radical (unpaired) electrons. The van der Waals surface area contributed by atoms with E-state index in [4.69, 9.17) is 5.73 Å². The first-order valence-electron chi connectivity index (χ1n) is 6.73. The van der Waals surface area contributed by atoms with Crippen molar-refractivity contribution in [3.63, 3.8) is 0 Å². The topological polar surface area (TPSA) is 38.0 Å². The molecule has 1 heterocycles. The lowest BCUT2D eigenvalue weighted by Crippen LogP contribution is -2.17. The Labute approximate surface area is 105 Å². The van der Waals surface area contributed by atoms with Gasteiger partial charge in [-0.25, -0.2) is 0 Å². The summed E-state index contributed by atoms with van der Waals surface area (Å²) in [6.07, 6.45) is 1.27. The van der Waals surface area contributed by atoms with E-state index >= 15 is 0 Å². The second kappa shape index (κ2) is 5.65. The molecule has 0 bridgehead atoms. The van der Waals surface area contributed by atoms with Gasteiger partial charge in [0.15, 0.2) is 0 Å². The minimum Gasteiger partial charge on any atom is -0.330 e. The minimum atomic E-state index is 0.491. The standard InChI is InChI=1S/C15H24N2/c1-11(2)15(9-16)13-5-3-12(4-6-13)14-7-8-17-10-14/h3-6,11,14-15,17H,7-10,16H2,1-2H3. The smallest absolute Gasteiger partial charge is 0.00206 e. The largest absolute Gasteiger partial charge is 0.330 e. The maximum Gasteiger partial charge on any atom is 0.00206 e. The number of nitrogens with one attached hydrogen (secondary N) is 1. The van der Waals surface area contributed by atoms with Crippen LogP contribution in [0.3, 0.4) is 0 Å². The number of nitrogens with two attached hydrogens (primary N) is 1.